The summed E-state index contributed by atoms with van der Waals surface area (Å²) in [6.07, 6.45) is 4.06. The van der Waals surface area contributed by atoms with Crippen LogP contribution in [0.4, 0.5) is 0 Å². The minimum atomic E-state index is 0.581. The quantitative estimate of drug-likeness (QED) is 0.620. The van der Waals surface area contributed by atoms with Crippen LogP contribution in [0, 0.1) is 0 Å². The topological polar surface area (TPSA) is 30.9 Å². The van der Waals surface area contributed by atoms with Gasteiger partial charge in [-0.2, -0.15) is 0 Å². The zero-order chi connectivity index (χ0) is 14.6. The Morgan fingerprint density at radius 2 is 1.43 bits per heavy atom. The lowest BCUT2D eigenvalue weighted by atomic mass is 10.1. The molecule has 21 heavy (non-hydrogen) atoms. The van der Waals surface area contributed by atoms with Gasteiger partial charge in [0.05, 0.1) is 26.4 Å². The molecule has 0 bridgehead atoms. The molecule has 4 heteroatoms. The van der Waals surface area contributed by atoms with E-state index in [9.17, 15) is 0 Å². The van der Waals surface area contributed by atoms with Gasteiger partial charge in [-0.15, -0.1) is 0 Å². The first-order valence-corrected chi connectivity index (χ1v) is 8.01. The number of piperidine rings is 1. The number of likely N-dealkylation sites (tertiary alicyclic amines) is 1. The minimum Gasteiger partial charge on any atom is -0.491 e. The Labute approximate surface area is 128 Å². The number of hydrogen-bond acceptors (Lipinski definition) is 4. The van der Waals surface area contributed by atoms with Crippen molar-refractivity contribution >= 4 is 0 Å². The maximum absolute atomic E-state index is 5.59. The molecule has 0 N–H and O–H groups in total. The van der Waals surface area contributed by atoms with E-state index in [1.807, 2.05) is 30.3 Å². The highest BCUT2D eigenvalue weighted by molar-refractivity contribution is 5.20. The van der Waals surface area contributed by atoms with E-state index < -0.39 is 0 Å². The van der Waals surface area contributed by atoms with Crippen LogP contribution in [0.15, 0.2) is 30.3 Å². The Hall–Kier alpha value is -1.10. The fourth-order valence-electron chi connectivity index (χ4n) is 2.43. The highest BCUT2D eigenvalue weighted by atomic mass is 16.5. The van der Waals surface area contributed by atoms with Crippen LogP contribution < -0.4 is 4.74 Å². The summed E-state index contributed by atoms with van der Waals surface area (Å²) in [6.45, 7) is 6.81. The third-order valence-electron chi connectivity index (χ3n) is 3.61. The Balaban J connectivity index is 1.35. The van der Waals surface area contributed by atoms with Gasteiger partial charge in [-0.25, -0.2) is 0 Å². The van der Waals surface area contributed by atoms with E-state index in [1.165, 1.54) is 32.4 Å². The largest absolute Gasteiger partial charge is 0.491 e. The first-order valence-electron chi connectivity index (χ1n) is 8.01. The van der Waals surface area contributed by atoms with Gasteiger partial charge in [0.1, 0.15) is 12.4 Å². The zero-order valence-electron chi connectivity index (χ0n) is 12.8. The van der Waals surface area contributed by atoms with Crippen molar-refractivity contribution < 1.29 is 14.2 Å². The summed E-state index contributed by atoms with van der Waals surface area (Å²) in [5.74, 6) is 0.888. The molecule has 1 saturated heterocycles. The van der Waals surface area contributed by atoms with Gasteiger partial charge < -0.3 is 19.1 Å². The Kier molecular flexibility index (Phi) is 8.22. The maximum Gasteiger partial charge on any atom is 0.119 e. The van der Waals surface area contributed by atoms with E-state index >= 15 is 0 Å². The first kappa shape index (κ1) is 16.3. The monoisotopic (exact) mass is 293 g/mol. The van der Waals surface area contributed by atoms with Crippen molar-refractivity contribution in [1.29, 1.82) is 0 Å². The molecule has 0 saturated carbocycles. The average Bonchev–Trinajstić information content (AvgIpc) is 2.55. The van der Waals surface area contributed by atoms with Crippen LogP contribution in [0.3, 0.4) is 0 Å². The predicted octanol–water partition coefficient (Wildman–Crippen LogP) is 2.58. The smallest absolute Gasteiger partial charge is 0.119 e. The molecule has 2 rings (SSSR count). The molecule has 1 aliphatic rings. The number of hydrogen-bond donors (Lipinski definition) is 0. The highest BCUT2D eigenvalue weighted by Crippen LogP contribution is 2.08. The van der Waals surface area contributed by atoms with Gasteiger partial charge in [0.25, 0.3) is 0 Å². The van der Waals surface area contributed by atoms with Crippen LogP contribution in [0.25, 0.3) is 0 Å². The van der Waals surface area contributed by atoms with Crippen molar-refractivity contribution in [2.45, 2.75) is 19.3 Å². The molecule has 0 unspecified atom stereocenters. The van der Waals surface area contributed by atoms with Crippen LogP contribution in [0.5, 0.6) is 5.75 Å². The lowest BCUT2D eigenvalue weighted by Crippen LogP contribution is -2.32. The molecule has 0 aromatic heterocycles. The van der Waals surface area contributed by atoms with E-state index in [2.05, 4.69) is 4.90 Å². The zero-order valence-corrected chi connectivity index (χ0v) is 12.8. The highest BCUT2D eigenvalue weighted by Gasteiger charge is 2.08. The third kappa shape index (κ3) is 7.46. The number of ether oxygens (including phenoxy) is 3. The third-order valence-corrected chi connectivity index (χ3v) is 3.61. The molecule has 1 aromatic carbocycles. The molecular weight excluding hydrogens is 266 g/mol. The Morgan fingerprint density at radius 1 is 0.762 bits per heavy atom. The second-order valence-corrected chi connectivity index (χ2v) is 5.29. The molecule has 0 amide bonds. The van der Waals surface area contributed by atoms with Gasteiger partial charge in [0.2, 0.25) is 0 Å². The maximum atomic E-state index is 5.59. The molecule has 1 fully saturated rings. The lowest BCUT2D eigenvalue weighted by Gasteiger charge is -2.26. The second-order valence-electron chi connectivity index (χ2n) is 5.29. The molecule has 0 atom stereocenters. The van der Waals surface area contributed by atoms with Gasteiger partial charge in [0, 0.05) is 6.54 Å². The summed E-state index contributed by atoms with van der Waals surface area (Å²) in [5, 5.41) is 0. The molecule has 0 spiro atoms. The molecule has 1 heterocycles. The van der Waals surface area contributed by atoms with Gasteiger partial charge in [-0.3, -0.25) is 0 Å². The van der Waals surface area contributed by atoms with Crippen LogP contribution in [-0.4, -0.2) is 57.6 Å². The summed E-state index contributed by atoms with van der Waals surface area (Å²) in [5.41, 5.74) is 0. The molecular formula is C17H27NO3. The van der Waals surface area contributed by atoms with Crippen molar-refractivity contribution in [2.24, 2.45) is 0 Å². The van der Waals surface area contributed by atoms with Gasteiger partial charge in [-0.1, -0.05) is 24.6 Å². The summed E-state index contributed by atoms with van der Waals surface area (Å²) < 4.78 is 16.6. The van der Waals surface area contributed by atoms with Gasteiger partial charge in [-0.05, 0) is 38.1 Å². The Morgan fingerprint density at radius 3 is 2.19 bits per heavy atom. The summed E-state index contributed by atoms with van der Waals surface area (Å²) in [6, 6.07) is 9.80. The van der Waals surface area contributed by atoms with Crippen molar-refractivity contribution in [2.75, 3.05) is 52.7 Å². The van der Waals surface area contributed by atoms with Crippen LogP contribution >= 0.6 is 0 Å². The number of nitrogens with zero attached hydrogens (tertiary/aromatic N) is 1. The second kappa shape index (κ2) is 10.6. The fraction of sp³-hybridized carbons (Fsp3) is 0.647. The molecule has 0 aliphatic carbocycles. The van der Waals surface area contributed by atoms with Gasteiger partial charge >= 0.3 is 0 Å². The number of benzene rings is 1. The van der Waals surface area contributed by atoms with Crippen LogP contribution in [-0.2, 0) is 9.47 Å². The molecule has 1 aromatic rings. The summed E-state index contributed by atoms with van der Waals surface area (Å²) >= 11 is 0. The van der Waals surface area contributed by atoms with E-state index in [0.29, 0.717) is 26.4 Å². The minimum absolute atomic E-state index is 0.581. The van der Waals surface area contributed by atoms with E-state index in [4.69, 9.17) is 14.2 Å². The molecule has 118 valence electrons. The van der Waals surface area contributed by atoms with Crippen LogP contribution in [0.1, 0.15) is 19.3 Å². The first-order chi connectivity index (χ1) is 10.4. The molecule has 0 radical (unpaired) electrons. The molecule has 1 aliphatic heterocycles. The predicted molar refractivity (Wildman–Crippen MR) is 83.9 cm³/mol. The standard InChI is InChI=1S/C17H27NO3/c1-3-7-17(8-4-1)21-16-15-20-14-13-19-12-11-18-9-5-2-6-10-18/h1,3-4,7-8H,2,5-6,9-16H2. The molecule has 4 nitrogen and oxygen atoms in total. The van der Waals surface area contributed by atoms with Crippen molar-refractivity contribution in [3.05, 3.63) is 30.3 Å². The van der Waals surface area contributed by atoms with Crippen LogP contribution in [0.2, 0.25) is 0 Å². The van der Waals surface area contributed by atoms with E-state index in [-0.39, 0.29) is 0 Å². The van der Waals surface area contributed by atoms with E-state index in [0.717, 1.165) is 18.9 Å². The van der Waals surface area contributed by atoms with Gasteiger partial charge in [0.15, 0.2) is 0 Å². The van der Waals surface area contributed by atoms with E-state index in [1.54, 1.807) is 0 Å². The SMILES string of the molecule is c1ccc(OCCOCCOCCN2CCCCC2)cc1. The Bertz CT molecular complexity index is 352. The van der Waals surface area contributed by atoms with Crippen molar-refractivity contribution in [3.8, 4) is 5.75 Å². The average molecular weight is 293 g/mol. The number of rotatable bonds is 10. The number of para-hydroxylation sites is 1. The summed E-state index contributed by atoms with van der Waals surface area (Å²) in [7, 11) is 0. The fourth-order valence-corrected chi connectivity index (χ4v) is 2.43. The van der Waals surface area contributed by atoms with Crippen molar-refractivity contribution in [3.63, 3.8) is 0 Å². The summed E-state index contributed by atoms with van der Waals surface area (Å²) in [4.78, 5) is 2.48. The van der Waals surface area contributed by atoms with Crippen molar-refractivity contribution in [1.82, 2.24) is 4.90 Å². The lowest BCUT2D eigenvalue weighted by molar-refractivity contribution is 0.0278. The normalized spacial score (nSPS) is 16.0.